The highest BCUT2D eigenvalue weighted by atomic mass is 35.5. The van der Waals surface area contributed by atoms with E-state index in [1.54, 1.807) is 52.7 Å². The van der Waals surface area contributed by atoms with E-state index in [2.05, 4.69) is 58.7 Å². The van der Waals surface area contributed by atoms with E-state index >= 15 is 0 Å². The molecule has 0 aliphatic carbocycles. The zero-order chi connectivity index (χ0) is 47.3. The summed E-state index contributed by atoms with van der Waals surface area (Å²) in [5.74, 6) is 1.93. The number of aryl methyl sites for hydroxylation is 2. The molecule has 0 saturated carbocycles. The van der Waals surface area contributed by atoms with Crippen LogP contribution in [0.1, 0.15) is 77.6 Å². The van der Waals surface area contributed by atoms with Crippen LogP contribution >= 0.6 is 24.2 Å². The number of nitrogen functional groups attached to an aromatic ring is 1. The first kappa shape index (κ1) is 49.4. The Hall–Kier alpha value is -6.60. The average molecular weight is 930 g/mol. The maximum absolute atomic E-state index is 12.2. The third kappa shape index (κ3) is 15.3. The van der Waals surface area contributed by atoms with Gasteiger partial charge in [-0.25, -0.2) is 29.5 Å². The number of hydrogen-bond donors (Lipinski definition) is 5. The summed E-state index contributed by atoms with van der Waals surface area (Å²) in [6, 6.07) is 14.9. The molecule has 18 nitrogen and oxygen atoms in total. The number of fused-ring (bicyclic) bond motifs is 2. The van der Waals surface area contributed by atoms with Crippen LogP contribution in [0.2, 0.25) is 5.28 Å². The minimum absolute atomic E-state index is 0.151. The Kier molecular flexibility index (Phi) is 17.0. The lowest BCUT2D eigenvalue weighted by atomic mass is 9.98. The average Bonchev–Trinajstić information content (AvgIpc) is 3.85. The van der Waals surface area contributed by atoms with Crippen molar-refractivity contribution in [2.75, 3.05) is 30.5 Å². The number of nitrogens with zero attached hydrogens (tertiary/aromatic N) is 8. The van der Waals surface area contributed by atoms with Gasteiger partial charge < -0.3 is 40.6 Å². The molecule has 20 heteroatoms. The molecule has 2 aromatic carbocycles. The van der Waals surface area contributed by atoms with Crippen LogP contribution in [0, 0.1) is 0 Å². The fourth-order valence-corrected chi connectivity index (χ4v) is 6.57. The molecule has 8 rings (SSSR count). The number of alkyl carbamates (subject to hydrolysis) is 2. The number of halogens is 1. The zero-order valence-corrected chi connectivity index (χ0v) is 39.6. The molecule has 0 fully saturated rings. The minimum atomic E-state index is -0.545. The van der Waals surface area contributed by atoms with Gasteiger partial charge in [0.1, 0.15) is 22.7 Å². The van der Waals surface area contributed by atoms with Gasteiger partial charge in [0, 0.05) is 74.0 Å². The van der Waals surface area contributed by atoms with E-state index in [1.165, 1.54) is 0 Å². The van der Waals surface area contributed by atoms with Crippen molar-refractivity contribution in [3.8, 4) is 34.0 Å². The van der Waals surface area contributed by atoms with E-state index in [9.17, 15) is 9.59 Å². The van der Waals surface area contributed by atoms with Gasteiger partial charge in [-0.05, 0) is 83.7 Å². The molecule has 2 amide bonds. The number of benzene rings is 2. The molecule has 2 unspecified atom stereocenters. The summed E-state index contributed by atoms with van der Waals surface area (Å²) in [6.07, 6.45) is 12.4. The first-order valence-electron chi connectivity index (χ1n) is 20.7. The van der Waals surface area contributed by atoms with Gasteiger partial charge in [-0.2, -0.15) is 22.8 Å². The lowest BCUT2D eigenvalue weighted by Gasteiger charge is -2.28. The van der Waals surface area contributed by atoms with Crippen molar-refractivity contribution in [1.82, 2.24) is 50.1 Å². The first-order valence-corrected chi connectivity index (χ1v) is 21.9. The maximum atomic E-state index is 12.2. The van der Waals surface area contributed by atoms with Crippen LogP contribution in [0.25, 0.3) is 22.5 Å². The van der Waals surface area contributed by atoms with Crippen molar-refractivity contribution in [1.29, 1.82) is 0 Å². The Morgan fingerprint density at radius 3 is 1.66 bits per heavy atom. The molecule has 346 valence electrons. The van der Waals surface area contributed by atoms with E-state index in [1.807, 2.05) is 104 Å². The summed E-state index contributed by atoms with van der Waals surface area (Å²) < 4.78 is 25.7. The lowest BCUT2D eigenvalue weighted by molar-refractivity contribution is 0.0478. The van der Waals surface area contributed by atoms with Crippen molar-refractivity contribution >= 4 is 53.7 Å². The fraction of sp³-hybridized carbons (Fsp3) is 0.378. The predicted octanol–water partition coefficient (Wildman–Crippen LogP) is 8.66. The van der Waals surface area contributed by atoms with Crippen LogP contribution in [0.5, 0.6) is 11.5 Å². The number of nitrogens with one attached hydrogen (secondary N) is 3. The van der Waals surface area contributed by atoms with E-state index < -0.39 is 23.4 Å². The Labute approximate surface area is 389 Å². The second-order valence-corrected chi connectivity index (χ2v) is 17.0. The standard InChI is InChI=1S/C22H26N6O3.C18H20ClN3O3.C4H7N3.CH4S/c1-22(2,3)31-21(29)27-18-8-10-30-19-11-14(5-6-16(18)19)17-7-9-23-20(26-17)25-15-12-24-28(4)13-15;1-18(2,3)25-17(23)22-14-7-9-24-15-10-11(4-5-12(14)15)13-6-8-20-16(19)21-13;1-7-3-4(5)2-6-7;1-2/h5-7,9,11-13,18H,8,10H2,1-4H3,(H,27,29)(H,23,25,26);4-6,8,10,14H,7,9H2,1-3H3,(H,22,23);2-3H,5H2,1H3;2H,1H3. The Bertz CT molecular complexity index is 2510. The number of anilines is 3. The van der Waals surface area contributed by atoms with Crippen LogP contribution in [0.4, 0.5) is 26.9 Å². The number of aromatic nitrogens is 8. The summed E-state index contributed by atoms with van der Waals surface area (Å²) in [5.41, 5.74) is 10.8. The predicted molar refractivity (Wildman–Crippen MR) is 253 cm³/mol. The second kappa shape index (κ2) is 22.3. The van der Waals surface area contributed by atoms with E-state index in [0.717, 1.165) is 45.1 Å². The lowest BCUT2D eigenvalue weighted by Crippen LogP contribution is -2.36. The van der Waals surface area contributed by atoms with E-state index in [0.29, 0.717) is 43.4 Å². The molecule has 6 heterocycles. The van der Waals surface area contributed by atoms with Crippen LogP contribution < -0.4 is 31.2 Å². The number of rotatable bonds is 6. The number of amides is 2. The third-order valence-corrected chi connectivity index (χ3v) is 9.23. The number of ether oxygens (including phenoxy) is 4. The number of hydrogen-bond acceptors (Lipinski definition) is 15. The summed E-state index contributed by atoms with van der Waals surface area (Å²) in [4.78, 5) is 41.2. The number of carbonyl (C=O) groups excluding carboxylic acids is 2. The zero-order valence-electron chi connectivity index (χ0n) is 38.0. The molecule has 65 heavy (non-hydrogen) atoms. The summed E-state index contributed by atoms with van der Waals surface area (Å²) in [7, 11) is 3.68. The third-order valence-electron chi connectivity index (χ3n) is 9.05. The van der Waals surface area contributed by atoms with Crippen LogP contribution in [0.3, 0.4) is 0 Å². The molecule has 5 N–H and O–H groups in total. The molecule has 2 aliphatic rings. The highest BCUT2D eigenvalue weighted by molar-refractivity contribution is 7.79. The van der Waals surface area contributed by atoms with Crippen LogP contribution in [-0.4, -0.2) is 82.4 Å². The summed E-state index contributed by atoms with van der Waals surface area (Å²) in [6.45, 7) is 12.1. The van der Waals surface area contributed by atoms with Gasteiger partial charge >= 0.3 is 12.2 Å². The molecule has 2 aliphatic heterocycles. The molecule has 2 atom stereocenters. The maximum Gasteiger partial charge on any atom is 0.408 e. The number of nitrogens with two attached hydrogens (primary N) is 1. The van der Waals surface area contributed by atoms with Crippen LogP contribution in [0.15, 0.2) is 85.7 Å². The molecule has 4 aromatic heterocycles. The minimum Gasteiger partial charge on any atom is -0.493 e. The molecule has 0 bridgehead atoms. The topological polar surface area (TPSA) is 220 Å². The van der Waals surface area contributed by atoms with Gasteiger partial charge in [0.25, 0.3) is 0 Å². The Morgan fingerprint density at radius 2 is 1.23 bits per heavy atom. The highest BCUT2D eigenvalue weighted by Gasteiger charge is 2.28. The van der Waals surface area contributed by atoms with Crippen LogP contribution in [-0.2, 0) is 23.6 Å². The first-order chi connectivity index (χ1) is 30.9. The van der Waals surface area contributed by atoms with Gasteiger partial charge in [0.15, 0.2) is 0 Å². The Balaban J connectivity index is 0.000000208. The molecule has 0 radical (unpaired) electrons. The smallest absolute Gasteiger partial charge is 0.408 e. The highest BCUT2D eigenvalue weighted by Crippen LogP contribution is 2.37. The van der Waals surface area contributed by atoms with Crippen molar-refractivity contribution < 1.29 is 28.5 Å². The monoisotopic (exact) mass is 928 g/mol. The molecule has 0 saturated heterocycles. The van der Waals surface area contributed by atoms with Gasteiger partial charge in [-0.1, -0.05) is 24.3 Å². The Morgan fingerprint density at radius 1 is 0.738 bits per heavy atom. The van der Waals surface area contributed by atoms with E-state index in [-0.39, 0.29) is 17.4 Å². The molecule has 0 spiro atoms. The van der Waals surface area contributed by atoms with Crippen molar-refractivity contribution in [2.24, 2.45) is 14.1 Å². The quantitative estimate of drug-likeness (QED) is 0.0780. The number of carbonyl (C=O) groups is 2. The number of thiol groups is 1. The molecular formula is C45H57ClN12O6S. The molecular weight excluding hydrogens is 872 g/mol. The van der Waals surface area contributed by atoms with Gasteiger partial charge in [-0.3, -0.25) is 9.36 Å². The van der Waals surface area contributed by atoms with Gasteiger partial charge in [0.05, 0.1) is 60.5 Å². The van der Waals surface area contributed by atoms with Crippen molar-refractivity contribution in [3.05, 3.63) is 102 Å². The van der Waals surface area contributed by atoms with Crippen molar-refractivity contribution in [3.63, 3.8) is 0 Å². The van der Waals surface area contributed by atoms with E-state index in [4.69, 9.17) is 36.3 Å². The SMILES string of the molecule is CC(C)(C)OC(=O)NC1CCOc2cc(-c3ccnc(Cl)n3)ccc21.CS.Cn1cc(N)cn1.Cn1cc(Nc2nccc(-c3ccc4c(c3)OCCC4NC(=O)OC(C)(C)C)n2)cn1. The van der Waals surface area contributed by atoms with Gasteiger partial charge in [-0.15, -0.1) is 0 Å². The fourth-order valence-electron chi connectivity index (χ4n) is 6.43. The largest absolute Gasteiger partial charge is 0.493 e. The summed E-state index contributed by atoms with van der Waals surface area (Å²) in [5, 5.41) is 17.1. The second-order valence-electron chi connectivity index (χ2n) is 16.6. The molecule has 6 aromatic rings. The normalized spacial score (nSPS) is 14.9. The van der Waals surface area contributed by atoms with Crippen molar-refractivity contribution in [2.45, 2.75) is 77.7 Å². The van der Waals surface area contributed by atoms with Gasteiger partial charge in [0.2, 0.25) is 11.2 Å². The summed E-state index contributed by atoms with van der Waals surface area (Å²) >= 11 is 9.38.